The Hall–Kier alpha value is -1.91. The molecule has 0 fully saturated rings. The van der Waals surface area contributed by atoms with Crippen molar-refractivity contribution in [3.8, 4) is 6.07 Å². The van der Waals surface area contributed by atoms with Crippen LogP contribution in [0.25, 0.3) is 0 Å². The molecule has 1 amide bonds. The van der Waals surface area contributed by atoms with Crippen LogP contribution in [0, 0.1) is 11.3 Å². The van der Waals surface area contributed by atoms with Crippen molar-refractivity contribution in [2.24, 2.45) is 0 Å². The van der Waals surface area contributed by atoms with Gasteiger partial charge in [-0.2, -0.15) is 5.26 Å². The first-order valence-corrected chi connectivity index (χ1v) is 7.47. The number of hydrogen-bond donors (Lipinski definition) is 1. The average molecular weight is 309 g/mol. The molecule has 0 aliphatic rings. The molecule has 114 valence electrons. The first-order valence-electron chi connectivity index (χ1n) is 6.59. The standard InChI is InChI=1S/C14H19N3O3S/c1-17(7-3-4-13(19)20-2)8-5-12(18)16-14-11(10-15)6-9-21-14/h6,9H,3-5,7-8H2,1-2H3,(H,16,18). The van der Waals surface area contributed by atoms with E-state index in [4.69, 9.17) is 5.26 Å². The molecule has 0 bridgehead atoms. The molecule has 1 heterocycles. The third-order valence-electron chi connectivity index (χ3n) is 2.91. The molecule has 21 heavy (non-hydrogen) atoms. The SMILES string of the molecule is COC(=O)CCCN(C)CCC(=O)Nc1sccc1C#N. The number of nitrogens with zero attached hydrogens (tertiary/aromatic N) is 2. The Morgan fingerprint density at radius 2 is 2.19 bits per heavy atom. The minimum absolute atomic E-state index is 0.117. The van der Waals surface area contributed by atoms with E-state index in [1.54, 1.807) is 11.4 Å². The molecule has 0 aromatic carbocycles. The van der Waals surface area contributed by atoms with E-state index in [9.17, 15) is 9.59 Å². The molecule has 0 atom stereocenters. The monoisotopic (exact) mass is 309 g/mol. The van der Waals surface area contributed by atoms with Crippen LogP contribution in [0.4, 0.5) is 5.00 Å². The van der Waals surface area contributed by atoms with Crippen molar-refractivity contribution in [2.45, 2.75) is 19.3 Å². The van der Waals surface area contributed by atoms with E-state index in [2.05, 4.69) is 10.1 Å². The predicted molar refractivity (Wildman–Crippen MR) is 81.0 cm³/mol. The quantitative estimate of drug-likeness (QED) is 0.741. The zero-order valence-corrected chi connectivity index (χ0v) is 13.0. The molecule has 1 rings (SSSR count). The summed E-state index contributed by atoms with van der Waals surface area (Å²) < 4.78 is 4.56. The van der Waals surface area contributed by atoms with E-state index in [1.807, 2.05) is 18.0 Å². The molecule has 0 spiro atoms. The van der Waals surface area contributed by atoms with Gasteiger partial charge >= 0.3 is 5.97 Å². The highest BCUT2D eigenvalue weighted by Gasteiger charge is 2.09. The maximum absolute atomic E-state index is 11.8. The Morgan fingerprint density at radius 3 is 2.86 bits per heavy atom. The Kier molecular flexibility index (Phi) is 7.43. The molecule has 0 radical (unpaired) electrons. The largest absolute Gasteiger partial charge is 0.469 e. The van der Waals surface area contributed by atoms with Crippen molar-refractivity contribution in [3.05, 3.63) is 17.0 Å². The number of amides is 1. The van der Waals surface area contributed by atoms with Crippen molar-refractivity contribution in [1.82, 2.24) is 4.90 Å². The topological polar surface area (TPSA) is 82.4 Å². The van der Waals surface area contributed by atoms with Gasteiger partial charge in [0.2, 0.25) is 5.91 Å². The third-order valence-corrected chi connectivity index (χ3v) is 3.74. The van der Waals surface area contributed by atoms with Crippen LogP contribution in [0.1, 0.15) is 24.8 Å². The van der Waals surface area contributed by atoms with E-state index in [1.165, 1.54) is 18.4 Å². The minimum atomic E-state index is -0.220. The van der Waals surface area contributed by atoms with Gasteiger partial charge in [-0.15, -0.1) is 11.3 Å². The lowest BCUT2D eigenvalue weighted by molar-refractivity contribution is -0.140. The number of hydrogen-bond acceptors (Lipinski definition) is 6. The maximum atomic E-state index is 11.8. The van der Waals surface area contributed by atoms with Crippen LogP contribution < -0.4 is 5.32 Å². The molecular weight excluding hydrogens is 290 g/mol. The predicted octanol–water partition coefficient (Wildman–Crippen LogP) is 1.83. The van der Waals surface area contributed by atoms with Gasteiger partial charge in [-0.1, -0.05) is 0 Å². The molecule has 1 N–H and O–H groups in total. The molecule has 1 aromatic rings. The van der Waals surface area contributed by atoms with E-state index >= 15 is 0 Å². The Bertz CT molecular complexity index is 522. The second kappa shape index (κ2) is 9.10. The summed E-state index contributed by atoms with van der Waals surface area (Å²) in [7, 11) is 3.27. The summed E-state index contributed by atoms with van der Waals surface area (Å²) in [6.45, 7) is 1.32. The van der Waals surface area contributed by atoms with Gasteiger partial charge in [-0.25, -0.2) is 0 Å². The molecule has 0 unspecified atom stereocenters. The Labute approximate surface area is 128 Å². The highest BCUT2D eigenvalue weighted by molar-refractivity contribution is 7.14. The fourth-order valence-electron chi connectivity index (χ4n) is 1.68. The van der Waals surface area contributed by atoms with Gasteiger partial charge in [0.05, 0.1) is 12.7 Å². The van der Waals surface area contributed by atoms with Gasteiger partial charge in [0.25, 0.3) is 0 Å². The number of ether oxygens (including phenoxy) is 1. The van der Waals surface area contributed by atoms with Crippen LogP contribution >= 0.6 is 11.3 Å². The summed E-state index contributed by atoms with van der Waals surface area (Å²) in [5.74, 6) is -0.336. The average Bonchev–Trinajstić information content (AvgIpc) is 2.92. The van der Waals surface area contributed by atoms with Crippen molar-refractivity contribution in [2.75, 3.05) is 32.6 Å². The fraction of sp³-hybridized carbons (Fsp3) is 0.500. The number of carbonyl (C=O) groups is 2. The molecule has 0 saturated heterocycles. The van der Waals surface area contributed by atoms with Gasteiger partial charge < -0.3 is 15.0 Å². The Balaban J connectivity index is 2.24. The van der Waals surface area contributed by atoms with Crippen LogP contribution in [0.2, 0.25) is 0 Å². The van der Waals surface area contributed by atoms with Gasteiger partial charge in [0.15, 0.2) is 0 Å². The molecule has 6 nitrogen and oxygen atoms in total. The molecule has 0 aliphatic heterocycles. The number of nitrogens with one attached hydrogen (secondary N) is 1. The van der Waals surface area contributed by atoms with E-state index in [0.717, 1.165) is 6.54 Å². The second-order valence-electron chi connectivity index (χ2n) is 4.56. The Morgan fingerprint density at radius 1 is 1.43 bits per heavy atom. The van der Waals surface area contributed by atoms with Crippen molar-refractivity contribution < 1.29 is 14.3 Å². The number of anilines is 1. The van der Waals surface area contributed by atoms with Crippen molar-refractivity contribution in [3.63, 3.8) is 0 Å². The zero-order chi connectivity index (χ0) is 15.7. The minimum Gasteiger partial charge on any atom is -0.469 e. The third kappa shape index (κ3) is 6.38. The molecular formula is C14H19N3O3S. The summed E-state index contributed by atoms with van der Waals surface area (Å²) in [4.78, 5) is 24.8. The lowest BCUT2D eigenvalue weighted by Gasteiger charge is -2.15. The maximum Gasteiger partial charge on any atom is 0.305 e. The highest BCUT2D eigenvalue weighted by atomic mass is 32.1. The fourth-order valence-corrected chi connectivity index (χ4v) is 2.44. The van der Waals surface area contributed by atoms with Crippen molar-refractivity contribution in [1.29, 1.82) is 5.26 Å². The zero-order valence-electron chi connectivity index (χ0n) is 12.2. The summed E-state index contributed by atoms with van der Waals surface area (Å²) in [5.41, 5.74) is 0.486. The lowest BCUT2D eigenvalue weighted by Crippen LogP contribution is -2.25. The summed E-state index contributed by atoms with van der Waals surface area (Å²) in [5, 5.41) is 14.0. The van der Waals surface area contributed by atoms with Gasteiger partial charge in [0.1, 0.15) is 11.1 Å². The molecule has 7 heteroatoms. The number of methoxy groups -OCH3 is 1. The molecule has 0 aliphatic carbocycles. The number of nitriles is 1. The van der Waals surface area contributed by atoms with Gasteiger partial charge in [0, 0.05) is 19.4 Å². The van der Waals surface area contributed by atoms with Crippen LogP contribution in [0.3, 0.4) is 0 Å². The van der Waals surface area contributed by atoms with Gasteiger partial charge in [-0.05, 0) is 31.5 Å². The first-order chi connectivity index (χ1) is 10.1. The van der Waals surface area contributed by atoms with Crippen LogP contribution in [0.5, 0.6) is 0 Å². The smallest absolute Gasteiger partial charge is 0.305 e. The highest BCUT2D eigenvalue weighted by Crippen LogP contribution is 2.22. The van der Waals surface area contributed by atoms with Crippen LogP contribution in [-0.2, 0) is 14.3 Å². The number of carbonyl (C=O) groups excluding carboxylic acids is 2. The number of esters is 1. The van der Waals surface area contributed by atoms with E-state index in [0.29, 0.717) is 36.4 Å². The van der Waals surface area contributed by atoms with Gasteiger partial charge in [-0.3, -0.25) is 9.59 Å². The number of thiophene rings is 1. The van der Waals surface area contributed by atoms with Crippen molar-refractivity contribution >= 4 is 28.2 Å². The van der Waals surface area contributed by atoms with E-state index < -0.39 is 0 Å². The summed E-state index contributed by atoms with van der Waals surface area (Å²) in [6.07, 6.45) is 1.43. The molecule has 0 saturated carbocycles. The second-order valence-corrected chi connectivity index (χ2v) is 5.47. The summed E-state index contributed by atoms with van der Waals surface area (Å²) >= 11 is 1.34. The lowest BCUT2D eigenvalue weighted by atomic mass is 10.3. The first kappa shape index (κ1) is 17.1. The van der Waals surface area contributed by atoms with Crippen LogP contribution in [-0.4, -0.2) is 44.0 Å². The van der Waals surface area contributed by atoms with Crippen LogP contribution in [0.15, 0.2) is 11.4 Å². The summed E-state index contributed by atoms with van der Waals surface area (Å²) in [6, 6.07) is 3.71. The normalized spacial score (nSPS) is 10.2. The number of rotatable bonds is 8. The molecule has 1 aromatic heterocycles. The van der Waals surface area contributed by atoms with E-state index in [-0.39, 0.29) is 11.9 Å².